The van der Waals surface area contributed by atoms with Crippen LogP contribution in [0, 0.1) is 0 Å². The largest absolute Gasteiger partial charge is 0.508 e. The zero-order valence-electron chi connectivity index (χ0n) is 12.0. The highest BCUT2D eigenvalue weighted by Gasteiger charge is 2.13. The summed E-state index contributed by atoms with van der Waals surface area (Å²) in [5.41, 5.74) is 0.718. The lowest BCUT2D eigenvalue weighted by Crippen LogP contribution is -2.31. The van der Waals surface area contributed by atoms with Crippen LogP contribution >= 0.6 is 11.6 Å². The number of phenols is 1. The summed E-state index contributed by atoms with van der Waals surface area (Å²) in [6.07, 6.45) is 2.76. The molecule has 1 atom stereocenters. The number of nitrogens with zero attached hydrogens (tertiary/aromatic N) is 3. The van der Waals surface area contributed by atoms with E-state index in [1.54, 1.807) is 35.3 Å². The molecule has 2 N–H and O–H groups in total. The van der Waals surface area contributed by atoms with Crippen LogP contribution in [0.3, 0.4) is 0 Å². The van der Waals surface area contributed by atoms with Gasteiger partial charge < -0.3 is 10.2 Å². The van der Waals surface area contributed by atoms with Crippen molar-refractivity contribution in [3.8, 4) is 5.75 Å². The van der Waals surface area contributed by atoms with Crippen molar-refractivity contribution in [3.63, 3.8) is 0 Å². The molecule has 0 aliphatic heterocycles. The molecule has 1 aromatic carbocycles. The van der Waals surface area contributed by atoms with E-state index in [0.717, 1.165) is 18.7 Å². The fourth-order valence-electron chi connectivity index (χ4n) is 2.17. The van der Waals surface area contributed by atoms with Crippen LogP contribution < -0.4 is 0 Å². The van der Waals surface area contributed by atoms with Gasteiger partial charge in [-0.3, -0.25) is 9.58 Å². The molecule has 2 rings (SSSR count). The van der Waals surface area contributed by atoms with E-state index < -0.39 is 6.10 Å². The predicted octanol–water partition coefficient (Wildman–Crippen LogP) is 2.30. The minimum Gasteiger partial charge on any atom is -0.508 e. The Hall–Kier alpha value is -1.56. The van der Waals surface area contributed by atoms with Crippen LogP contribution in [0.25, 0.3) is 0 Å². The van der Waals surface area contributed by atoms with Crippen LogP contribution in [0.1, 0.15) is 18.6 Å². The van der Waals surface area contributed by atoms with Gasteiger partial charge in [-0.25, -0.2) is 0 Å². The molecular formula is C15H20ClN3O2. The molecule has 114 valence electrons. The first-order valence-electron chi connectivity index (χ1n) is 6.95. The molecule has 1 unspecified atom stereocenters. The van der Waals surface area contributed by atoms with Gasteiger partial charge in [0.25, 0.3) is 0 Å². The first kappa shape index (κ1) is 15.8. The third-order valence-electron chi connectivity index (χ3n) is 3.38. The summed E-state index contributed by atoms with van der Waals surface area (Å²) in [5.74, 6) is 0.167. The first-order valence-corrected chi connectivity index (χ1v) is 7.33. The monoisotopic (exact) mass is 309 g/mol. The number of aliphatic hydroxyl groups excluding tert-OH is 1. The van der Waals surface area contributed by atoms with Crippen molar-refractivity contribution in [2.24, 2.45) is 0 Å². The lowest BCUT2D eigenvalue weighted by molar-refractivity contribution is 0.113. The zero-order chi connectivity index (χ0) is 15.2. The summed E-state index contributed by atoms with van der Waals surface area (Å²) in [6, 6.07) is 6.72. The van der Waals surface area contributed by atoms with E-state index in [-0.39, 0.29) is 5.75 Å². The second-order valence-corrected chi connectivity index (χ2v) is 5.36. The fraction of sp³-hybridized carbons (Fsp3) is 0.400. The van der Waals surface area contributed by atoms with Gasteiger partial charge in [0, 0.05) is 19.3 Å². The number of halogens is 1. The van der Waals surface area contributed by atoms with Crippen LogP contribution in [0.15, 0.2) is 36.7 Å². The Morgan fingerprint density at radius 2 is 2.24 bits per heavy atom. The van der Waals surface area contributed by atoms with Gasteiger partial charge in [0.2, 0.25) is 0 Å². The first-order chi connectivity index (χ1) is 10.1. The Labute approximate surface area is 129 Å². The van der Waals surface area contributed by atoms with Crippen molar-refractivity contribution >= 4 is 11.6 Å². The van der Waals surface area contributed by atoms with E-state index in [1.165, 1.54) is 0 Å². The van der Waals surface area contributed by atoms with E-state index in [0.29, 0.717) is 18.1 Å². The number of hydrogen-bond acceptors (Lipinski definition) is 4. The van der Waals surface area contributed by atoms with Gasteiger partial charge in [0.15, 0.2) is 0 Å². The van der Waals surface area contributed by atoms with Gasteiger partial charge in [-0.05, 0) is 24.2 Å². The van der Waals surface area contributed by atoms with Gasteiger partial charge in [0.05, 0.1) is 23.9 Å². The van der Waals surface area contributed by atoms with Gasteiger partial charge in [-0.1, -0.05) is 30.7 Å². The number of likely N-dealkylation sites (N-methyl/N-ethyl adjacent to an activating group) is 1. The van der Waals surface area contributed by atoms with Gasteiger partial charge in [-0.2, -0.15) is 5.10 Å². The molecule has 21 heavy (non-hydrogen) atoms. The summed E-state index contributed by atoms with van der Waals surface area (Å²) in [7, 11) is 0. The van der Waals surface area contributed by atoms with Crippen LogP contribution in [0.5, 0.6) is 5.75 Å². The summed E-state index contributed by atoms with van der Waals surface area (Å²) in [4.78, 5) is 2.13. The van der Waals surface area contributed by atoms with Crippen molar-refractivity contribution in [1.29, 1.82) is 0 Å². The Balaban J connectivity index is 1.89. The number of aromatic hydroxyl groups is 1. The molecule has 5 nitrogen and oxygen atoms in total. The number of phenolic OH excluding ortho intramolecular Hbond substituents is 1. The van der Waals surface area contributed by atoms with E-state index in [4.69, 9.17) is 11.6 Å². The lowest BCUT2D eigenvalue weighted by Gasteiger charge is -2.23. The second-order valence-electron chi connectivity index (χ2n) is 4.93. The molecule has 0 bridgehead atoms. The number of aliphatic hydroxyl groups is 1. The average molecular weight is 310 g/mol. The highest BCUT2D eigenvalue weighted by Crippen LogP contribution is 2.19. The van der Waals surface area contributed by atoms with Crippen molar-refractivity contribution in [2.45, 2.75) is 19.6 Å². The molecule has 1 aromatic heterocycles. The summed E-state index contributed by atoms with van der Waals surface area (Å²) in [6.45, 7) is 4.86. The van der Waals surface area contributed by atoms with E-state index >= 15 is 0 Å². The molecule has 0 saturated heterocycles. The Kier molecular flexibility index (Phi) is 5.61. The molecule has 0 aliphatic carbocycles. The highest BCUT2D eigenvalue weighted by atomic mass is 35.5. The molecule has 0 radical (unpaired) electrons. The van der Waals surface area contributed by atoms with E-state index in [9.17, 15) is 10.2 Å². The minimum atomic E-state index is -0.627. The minimum absolute atomic E-state index is 0.167. The Morgan fingerprint density at radius 1 is 1.43 bits per heavy atom. The quantitative estimate of drug-likeness (QED) is 0.824. The number of rotatable bonds is 7. The molecule has 0 spiro atoms. The number of benzene rings is 1. The summed E-state index contributed by atoms with van der Waals surface area (Å²) in [5, 5.41) is 24.5. The van der Waals surface area contributed by atoms with Gasteiger partial charge in [-0.15, -0.1) is 0 Å². The fourth-order valence-corrected chi connectivity index (χ4v) is 2.32. The van der Waals surface area contributed by atoms with Gasteiger partial charge >= 0.3 is 0 Å². The third kappa shape index (κ3) is 4.74. The van der Waals surface area contributed by atoms with Crippen molar-refractivity contribution in [1.82, 2.24) is 14.7 Å². The molecule has 0 saturated carbocycles. The van der Waals surface area contributed by atoms with Crippen molar-refractivity contribution < 1.29 is 10.2 Å². The van der Waals surface area contributed by atoms with Crippen LogP contribution in [-0.4, -0.2) is 44.5 Å². The lowest BCUT2D eigenvalue weighted by atomic mass is 10.1. The Bertz CT molecular complexity index is 574. The van der Waals surface area contributed by atoms with Crippen molar-refractivity contribution in [3.05, 3.63) is 47.2 Å². The SMILES string of the molecule is CCN(CCn1cc(Cl)cn1)CC(O)c1cccc(O)c1. The van der Waals surface area contributed by atoms with E-state index in [2.05, 4.69) is 10.00 Å². The smallest absolute Gasteiger partial charge is 0.115 e. The van der Waals surface area contributed by atoms with Crippen LogP contribution in [-0.2, 0) is 6.54 Å². The van der Waals surface area contributed by atoms with Crippen LogP contribution in [0.4, 0.5) is 0 Å². The van der Waals surface area contributed by atoms with Crippen LogP contribution in [0.2, 0.25) is 5.02 Å². The van der Waals surface area contributed by atoms with Crippen molar-refractivity contribution in [2.75, 3.05) is 19.6 Å². The molecule has 0 fully saturated rings. The average Bonchev–Trinajstić information content (AvgIpc) is 2.89. The zero-order valence-corrected chi connectivity index (χ0v) is 12.7. The van der Waals surface area contributed by atoms with Gasteiger partial charge in [0.1, 0.15) is 5.75 Å². The molecule has 2 aromatic rings. The normalized spacial score (nSPS) is 12.8. The topological polar surface area (TPSA) is 61.5 Å². The summed E-state index contributed by atoms with van der Waals surface area (Å²) < 4.78 is 1.78. The Morgan fingerprint density at radius 3 is 2.86 bits per heavy atom. The number of aromatic nitrogens is 2. The molecule has 6 heteroatoms. The molecular weight excluding hydrogens is 290 g/mol. The molecule has 0 amide bonds. The molecule has 0 aliphatic rings. The summed E-state index contributed by atoms with van der Waals surface area (Å²) >= 11 is 5.83. The van der Waals surface area contributed by atoms with E-state index in [1.807, 2.05) is 13.0 Å². The number of hydrogen-bond donors (Lipinski definition) is 2. The maximum absolute atomic E-state index is 10.3. The molecule has 1 heterocycles. The second kappa shape index (κ2) is 7.45. The highest BCUT2D eigenvalue weighted by molar-refractivity contribution is 6.30. The third-order valence-corrected chi connectivity index (χ3v) is 3.58. The maximum atomic E-state index is 10.3. The maximum Gasteiger partial charge on any atom is 0.115 e. The predicted molar refractivity (Wildman–Crippen MR) is 82.4 cm³/mol. The standard InChI is InChI=1S/C15H20ClN3O2/c1-2-18(6-7-19-10-13(16)9-17-19)11-15(21)12-4-3-5-14(20)8-12/h3-5,8-10,15,20-21H,2,6-7,11H2,1H3.